The van der Waals surface area contributed by atoms with Crippen molar-refractivity contribution >= 4 is 17.6 Å². The Kier molecular flexibility index (Phi) is 7.50. The number of Topliss-reactive ketones (excluding diaryl/α,β-unsaturated/α-hetero) is 1. The summed E-state index contributed by atoms with van der Waals surface area (Å²) in [7, 11) is 0. The molecule has 2 saturated heterocycles. The van der Waals surface area contributed by atoms with Crippen molar-refractivity contribution in [2.45, 2.75) is 32.1 Å². The molecular weight excluding hydrogens is 449 g/mol. The Morgan fingerprint density at radius 1 is 1.00 bits per heavy atom. The van der Waals surface area contributed by atoms with Gasteiger partial charge in [0, 0.05) is 43.6 Å². The van der Waals surface area contributed by atoms with E-state index in [4.69, 9.17) is 5.73 Å². The smallest absolute Gasteiger partial charge is 0.236 e. The van der Waals surface area contributed by atoms with E-state index in [0.29, 0.717) is 24.2 Å². The number of carbonyl (C=O) groups excluding carboxylic acids is 3. The van der Waals surface area contributed by atoms with Gasteiger partial charge in [-0.05, 0) is 55.5 Å². The fraction of sp³-hybridized carbons (Fsp3) is 0.444. The van der Waals surface area contributed by atoms with Crippen molar-refractivity contribution < 1.29 is 23.9 Å². The molecule has 2 heterocycles. The summed E-state index contributed by atoms with van der Waals surface area (Å²) < 4.78 is 14.7. The number of likely N-dealkylation sites (tertiary alicyclic amines) is 2. The molecule has 0 unspecified atom stereocenters. The molecule has 3 N–H and O–H groups in total. The van der Waals surface area contributed by atoms with Gasteiger partial charge in [0.15, 0.2) is 5.78 Å². The minimum Gasteiger partial charge on any atom is -0.508 e. The first-order chi connectivity index (χ1) is 16.8. The molecule has 2 aliphatic heterocycles. The Morgan fingerprint density at radius 2 is 1.69 bits per heavy atom. The van der Waals surface area contributed by atoms with E-state index in [1.165, 1.54) is 23.1 Å². The minimum atomic E-state index is -0.805. The molecule has 0 aromatic heterocycles. The highest BCUT2D eigenvalue weighted by Gasteiger charge is 2.47. The molecule has 4 rings (SSSR count). The third-order valence-electron chi connectivity index (χ3n) is 7.35. The van der Waals surface area contributed by atoms with Crippen LogP contribution in [0.1, 0.15) is 46.7 Å². The molecule has 0 bridgehead atoms. The maximum atomic E-state index is 14.7. The number of aromatic hydroxyl groups is 1. The molecule has 8 heteroatoms. The zero-order valence-corrected chi connectivity index (χ0v) is 20.0. The molecule has 0 aliphatic carbocycles. The third-order valence-corrected chi connectivity index (χ3v) is 7.35. The van der Waals surface area contributed by atoms with E-state index in [2.05, 4.69) is 0 Å². The topological polar surface area (TPSA) is 104 Å². The number of halogens is 1. The summed E-state index contributed by atoms with van der Waals surface area (Å²) >= 11 is 0. The third kappa shape index (κ3) is 5.07. The number of rotatable bonds is 5. The summed E-state index contributed by atoms with van der Waals surface area (Å²) in [5.74, 6) is -3.38. The van der Waals surface area contributed by atoms with Crippen LogP contribution in [0.15, 0.2) is 42.5 Å². The molecule has 0 spiro atoms. The molecular formula is C27H32FN3O4. The van der Waals surface area contributed by atoms with Gasteiger partial charge in [0.2, 0.25) is 11.8 Å². The number of piperidine rings is 2. The van der Waals surface area contributed by atoms with Gasteiger partial charge in [-0.15, -0.1) is 0 Å². The first kappa shape index (κ1) is 24.9. The molecule has 186 valence electrons. The minimum absolute atomic E-state index is 0.0546. The predicted molar refractivity (Wildman–Crippen MR) is 129 cm³/mol. The van der Waals surface area contributed by atoms with Crippen LogP contribution in [0, 0.1) is 24.6 Å². The second kappa shape index (κ2) is 10.6. The van der Waals surface area contributed by atoms with Crippen molar-refractivity contribution in [3.8, 4) is 5.75 Å². The fourth-order valence-corrected chi connectivity index (χ4v) is 5.51. The summed E-state index contributed by atoms with van der Waals surface area (Å²) in [6.07, 6.45) is 2.86. The van der Waals surface area contributed by atoms with E-state index in [1.54, 1.807) is 31.2 Å². The summed E-state index contributed by atoms with van der Waals surface area (Å²) in [6, 6.07) is 10.7. The lowest BCUT2D eigenvalue weighted by Crippen LogP contribution is -2.56. The fourth-order valence-electron chi connectivity index (χ4n) is 5.51. The Balaban J connectivity index is 1.83. The molecule has 2 aromatic rings. The normalized spacial score (nSPS) is 22.7. The van der Waals surface area contributed by atoms with Crippen molar-refractivity contribution in [2.75, 3.05) is 32.7 Å². The van der Waals surface area contributed by atoms with Crippen LogP contribution in [0.3, 0.4) is 0 Å². The SMILES string of the molecule is Cc1c(F)cccc1[C@@H]1[C@@H](C(=O)c2cccc(O)c2)CN(C(=O)CN)C[C@@H]1C(=O)N1CCCCC1. The second-order valence-electron chi connectivity index (χ2n) is 9.50. The quantitative estimate of drug-likeness (QED) is 0.639. The highest BCUT2D eigenvalue weighted by molar-refractivity contribution is 6.00. The van der Waals surface area contributed by atoms with Gasteiger partial charge in [-0.25, -0.2) is 4.39 Å². The Labute approximate surface area is 204 Å². The van der Waals surface area contributed by atoms with E-state index in [1.807, 2.05) is 4.90 Å². The van der Waals surface area contributed by atoms with E-state index in [9.17, 15) is 23.9 Å². The first-order valence-electron chi connectivity index (χ1n) is 12.2. The van der Waals surface area contributed by atoms with Crippen LogP contribution in [0.4, 0.5) is 4.39 Å². The lowest BCUT2D eigenvalue weighted by molar-refractivity contribution is -0.143. The monoisotopic (exact) mass is 481 g/mol. The van der Waals surface area contributed by atoms with E-state index in [0.717, 1.165) is 19.3 Å². The van der Waals surface area contributed by atoms with E-state index >= 15 is 0 Å². The van der Waals surface area contributed by atoms with Gasteiger partial charge in [0.05, 0.1) is 12.5 Å². The molecule has 35 heavy (non-hydrogen) atoms. The van der Waals surface area contributed by atoms with Crippen LogP contribution in [0.25, 0.3) is 0 Å². The van der Waals surface area contributed by atoms with E-state index < -0.39 is 23.6 Å². The molecule has 2 amide bonds. The number of amides is 2. The van der Waals surface area contributed by atoms with Crippen LogP contribution in [0.5, 0.6) is 5.75 Å². The molecule has 7 nitrogen and oxygen atoms in total. The van der Waals surface area contributed by atoms with E-state index in [-0.39, 0.29) is 48.5 Å². The standard InChI is InChI=1S/C27H32FN3O4/c1-17-20(9-6-10-23(17)28)25-21(26(34)18-7-5-8-19(32)13-18)15-31(24(33)14-29)16-22(25)27(35)30-11-3-2-4-12-30/h5-10,13,21-22,25,32H,2-4,11-12,14-16,29H2,1H3/t21-,22-,25+/m0/s1. The zero-order chi connectivity index (χ0) is 25.1. The molecule has 2 aliphatic rings. The van der Waals surface area contributed by atoms with Gasteiger partial charge in [-0.1, -0.05) is 24.3 Å². The second-order valence-corrected chi connectivity index (χ2v) is 9.50. The van der Waals surface area contributed by atoms with Crippen LogP contribution in [-0.4, -0.2) is 65.2 Å². The number of hydrogen-bond donors (Lipinski definition) is 2. The molecule has 0 saturated carbocycles. The number of benzene rings is 2. The Hall–Kier alpha value is -3.26. The van der Waals surface area contributed by atoms with Crippen molar-refractivity contribution in [1.29, 1.82) is 0 Å². The first-order valence-corrected chi connectivity index (χ1v) is 12.2. The van der Waals surface area contributed by atoms with Crippen LogP contribution < -0.4 is 5.73 Å². The van der Waals surface area contributed by atoms with Crippen molar-refractivity contribution in [1.82, 2.24) is 9.80 Å². The average Bonchev–Trinajstić information content (AvgIpc) is 2.88. The van der Waals surface area contributed by atoms with Gasteiger partial charge in [0.1, 0.15) is 11.6 Å². The zero-order valence-electron chi connectivity index (χ0n) is 20.0. The van der Waals surface area contributed by atoms with Crippen molar-refractivity contribution in [3.05, 3.63) is 65.0 Å². The Morgan fingerprint density at radius 3 is 2.37 bits per heavy atom. The number of phenolic OH excluding ortho intramolecular Hbond substituents is 1. The van der Waals surface area contributed by atoms with Crippen molar-refractivity contribution in [3.63, 3.8) is 0 Å². The van der Waals surface area contributed by atoms with Crippen LogP contribution >= 0.6 is 0 Å². The lowest BCUT2D eigenvalue weighted by atomic mass is 9.69. The number of carbonyl (C=O) groups is 3. The summed E-state index contributed by atoms with van der Waals surface area (Å²) in [4.78, 5) is 43.7. The van der Waals surface area contributed by atoms with Gasteiger partial charge in [-0.3, -0.25) is 14.4 Å². The average molecular weight is 482 g/mol. The maximum absolute atomic E-state index is 14.7. The predicted octanol–water partition coefficient (Wildman–Crippen LogP) is 2.85. The molecule has 2 aromatic carbocycles. The molecule has 0 radical (unpaired) electrons. The maximum Gasteiger partial charge on any atom is 0.236 e. The van der Waals surface area contributed by atoms with Gasteiger partial charge >= 0.3 is 0 Å². The summed E-state index contributed by atoms with van der Waals surface area (Å²) in [5, 5.41) is 9.97. The highest BCUT2D eigenvalue weighted by atomic mass is 19.1. The molecule has 3 atom stereocenters. The Bertz CT molecular complexity index is 1120. The number of nitrogens with two attached hydrogens (primary N) is 1. The summed E-state index contributed by atoms with van der Waals surface area (Å²) in [6.45, 7) is 2.85. The van der Waals surface area contributed by atoms with Crippen molar-refractivity contribution in [2.24, 2.45) is 17.6 Å². The van der Waals surface area contributed by atoms with Crippen LogP contribution in [0.2, 0.25) is 0 Å². The number of ketones is 1. The highest BCUT2D eigenvalue weighted by Crippen LogP contribution is 2.42. The lowest BCUT2D eigenvalue weighted by Gasteiger charge is -2.45. The number of nitrogens with zero attached hydrogens (tertiary/aromatic N) is 2. The van der Waals surface area contributed by atoms with Crippen LogP contribution in [-0.2, 0) is 9.59 Å². The number of hydrogen-bond acceptors (Lipinski definition) is 5. The van der Waals surface area contributed by atoms with Gasteiger partial charge in [0.25, 0.3) is 0 Å². The summed E-state index contributed by atoms with van der Waals surface area (Å²) in [5.41, 5.74) is 6.92. The molecule has 2 fully saturated rings. The van der Waals surface area contributed by atoms with Gasteiger partial charge in [-0.2, -0.15) is 0 Å². The largest absolute Gasteiger partial charge is 0.508 e. The van der Waals surface area contributed by atoms with Gasteiger partial charge < -0.3 is 20.6 Å². The number of phenols is 1.